The van der Waals surface area contributed by atoms with Gasteiger partial charge in [0.25, 0.3) is 0 Å². The molecule has 1 aliphatic heterocycles. The molecule has 1 aromatic heterocycles. The molecule has 3 nitrogen and oxygen atoms in total. The van der Waals surface area contributed by atoms with Gasteiger partial charge in [-0.05, 0) is 50.9 Å². The highest BCUT2D eigenvalue weighted by Crippen LogP contribution is 2.33. The van der Waals surface area contributed by atoms with Crippen LogP contribution < -0.4 is 10.1 Å². The van der Waals surface area contributed by atoms with E-state index in [1.807, 2.05) is 13.8 Å². The number of aromatic nitrogens is 1. The lowest BCUT2D eigenvalue weighted by molar-refractivity contribution is 0.343. The molecule has 1 aliphatic rings. The molecule has 2 heterocycles. The molecule has 0 amide bonds. The number of fused-ring (bicyclic) bond motifs is 1. The van der Waals surface area contributed by atoms with Crippen molar-refractivity contribution in [3.05, 3.63) is 35.5 Å². The molecular weight excluding hydrogens is 260 g/mol. The summed E-state index contributed by atoms with van der Waals surface area (Å²) in [6.45, 7) is 5.83. The predicted molar refractivity (Wildman–Crippen MR) is 86.9 cm³/mol. The van der Waals surface area contributed by atoms with Gasteiger partial charge in [-0.3, -0.25) is 0 Å². The molecule has 21 heavy (non-hydrogen) atoms. The fraction of sp³-hybridized carbons (Fsp3) is 0.500. The third kappa shape index (κ3) is 3.03. The van der Waals surface area contributed by atoms with Gasteiger partial charge in [-0.1, -0.05) is 25.0 Å². The summed E-state index contributed by atoms with van der Waals surface area (Å²) in [6.07, 6.45) is 5.11. The van der Waals surface area contributed by atoms with E-state index >= 15 is 0 Å². The fourth-order valence-electron chi connectivity index (χ4n) is 3.18. The number of hydrogen-bond acceptors (Lipinski definition) is 3. The molecule has 3 heteroatoms. The standard InChI is InChI=1S/C18H24N2O/c1-3-21-17-11-10-14(16-7-5-4-6-12-19-16)15-9-8-13(2)20-18(15)17/h8-11,16,19H,3-7,12H2,1-2H3. The monoisotopic (exact) mass is 284 g/mol. The summed E-state index contributed by atoms with van der Waals surface area (Å²) < 4.78 is 5.76. The van der Waals surface area contributed by atoms with E-state index in [2.05, 4.69) is 29.6 Å². The van der Waals surface area contributed by atoms with Crippen LogP contribution in [0.15, 0.2) is 24.3 Å². The third-order valence-electron chi connectivity index (χ3n) is 4.23. The zero-order valence-electron chi connectivity index (χ0n) is 13.0. The minimum atomic E-state index is 0.440. The minimum absolute atomic E-state index is 0.440. The Bertz CT molecular complexity index is 616. The van der Waals surface area contributed by atoms with E-state index in [0.29, 0.717) is 12.6 Å². The molecule has 1 N–H and O–H groups in total. The van der Waals surface area contributed by atoms with E-state index in [4.69, 9.17) is 9.72 Å². The van der Waals surface area contributed by atoms with Crippen molar-refractivity contribution in [2.75, 3.05) is 13.2 Å². The fourth-order valence-corrected chi connectivity index (χ4v) is 3.18. The van der Waals surface area contributed by atoms with Gasteiger partial charge in [-0.25, -0.2) is 4.98 Å². The van der Waals surface area contributed by atoms with Crippen molar-refractivity contribution in [1.29, 1.82) is 0 Å². The number of nitrogens with zero attached hydrogens (tertiary/aromatic N) is 1. The molecule has 0 aliphatic carbocycles. The molecule has 1 aromatic carbocycles. The highest BCUT2D eigenvalue weighted by molar-refractivity contribution is 5.88. The Morgan fingerprint density at radius 1 is 1.19 bits per heavy atom. The lowest BCUT2D eigenvalue weighted by Crippen LogP contribution is -2.20. The van der Waals surface area contributed by atoms with Crippen LogP contribution in [-0.2, 0) is 0 Å². The maximum absolute atomic E-state index is 5.76. The average Bonchev–Trinajstić information content (AvgIpc) is 2.77. The molecule has 1 unspecified atom stereocenters. The molecule has 0 bridgehead atoms. The first-order valence-corrected chi connectivity index (χ1v) is 8.06. The Kier molecular flexibility index (Phi) is 4.39. The maximum atomic E-state index is 5.76. The van der Waals surface area contributed by atoms with Crippen LogP contribution in [0.5, 0.6) is 5.75 Å². The number of rotatable bonds is 3. The number of nitrogens with one attached hydrogen (secondary N) is 1. The number of benzene rings is 1. The van der Waals surface area contributed by atoms with Crippen LogP contribution in [0, 0.1) is 6.92 Å². The quantitative estimate of drug-likeness (QED) is 0.919. The van der Waals surface area contributed by atoms with Gasteiger partial charge >= 0.3 is 0 Å². The van der Waals surface area contributed by atoms with Crippen LogP contribution in [0.2, 0.25) is 0 Å². The van der Waals surface area contributed by atoms with E-state index in [-0.39, 0.29) is 0 Å². The lowest BCUT2D eigenvalue weighted by Gasteiger charge is -2.19. The number of hydrogen-bond donors (Lipinski definition) is 1. The van der Waals surface area contributed by atoms with Gasteiger partial charge in [0.2, 0.25) is 0 Å². The largest absolute Gasteiger partial charge is 0.492 e. The van der Waals surface area contributed by atoms with E-state index in [1.165, 1.54) is 36.6 Å². The smallest absolute Gasteiger partial charge is 0.145 e. The van der Waals surface area contributed by atoms with E-state index in [1.54, 1.807) is 0 Å². The van der Waals surface area contributed by atoms with Gasteiger partial charge < -0.3 is 10.1 Å². The van der Waals surface area contributed by atoms with Gasteiger partial charge in [-0.15, -0.1) is 0 Å². The second kappa shape index (κ2) is 6.44. The van der Waals surface area contributed by atoms with Crippen LogP contribution in [0.25, 0.3) is 10.9 Å². The number of pyridine rings is 1. The van der Waals surface area contributed by atoms with Gasteiger partial charge in [0.15, 0.2) is 0 Å². The second-order valence-corrected chi connectivity index (χ2v) is 5.79. The van der Waals surface area contributed by atoms with Gasteiger partial charge in [0, 0.05) is 17.1 Å². The first-order valence-electron chi connectivity index (χ1n) is 8.06. The minimum Gasteiger partial charge on any atom is -0.492 e. The van der Waals surface area contributed by atoms with Crippen molar-refractivity contribution in [2.45, 2.75) is 45.6 Å². The van der Waals surface area contributed by atoms with Gasteiger partial charge in [-0.2, -0.15) is 0 Å². The van der Waals surface area contributed by atoms with Crippen molar-refractivity contribution < 1.29 is 4.74 Å². The van der Waals surface area contributed by atoms with Crippen LogP contribution in [0.1, 0.15) is 49.9 Å². The van der Waals surface area contributed by atoms with Crippen LogP contribution >= 0.6 is 0 Å². The molecule has 1 atom stereocenters. The summed E-state index contributed by atoms with van der Waals surface area (Å²) in [5, 5.41) is 4.92. The molecular formula is C18H24N2O. The van der Waals surface area contributed by atoms with E-state index in [0.717, 1.165) is 23.5 Å². The molecule has 1 saturated heterocycles. The maximum Gasteiger partial charge on any atom is 0.145 e. The van der Waals surface area contributed by atoms with Crippen molar-refractivity contribution in [3.8, 4) is 5.75 Å². The molecule has 3 rings (SSSR count). The van der Waals surface area contributed by atoms with Crippen LogP contribution in [0.3, 0.4) is 0 Å². The summed E-state index contributed by atoms with van der Waals surface area (Å²) in [6, 6.07) is 9.03. The Balaban J connectivity index is 2.08. The number of ether oxygens (including phenoxy) is 1. The Hall–Kier alpha value is -1.61. The summed E-state index contributed by atoms with van der Waals surface area (Å²) >= 11 is 0. The lowest BCUT2D eigenvalue weighted by atomic mass is 9.97. The number of aryl methyl sites for hydroxylation is 1. The van der Waals surface area contributed by atoms with Crippen LogP contribution in [-0.4, -0.2) is 18.1 Å². The SMILES string of the molecule is CCOc1ccc(C2CCCCCN2)c2ccc(C)nc12. The van der Waals surface area contributed by atoms with Crippen molar-refractivity contribution in [1.82, 2.24) is 10.3 Å². The third-order valence-corrected chi connectivity index (χ3v) is 4.23. The first kappa shape index (κ1) is 14.3. The van der Waals surface area contributed by atoms with Crippen molar-refractivity contribution in [2.24, 2.45) is 0 Å². The normalized spacial score (nSPS) is 19.4. The average molecular weight is 284 g/mol. The summed E-state index contributed by atoms with van der Waals surface area (Å²) in [7, 11) is 0. The van der Waals surface area contributed by atoms with Crippen LogP contribution in [0.4, 0.5) is 0 Å². The summed E-state index contributed by atoms with van der Waals surface area (Å²) in [4.78, 5) is 4.72. The van der Waals surface area contributed by atoms with E-state index in [9.17, 15) is 0 Å². The topological polar surface area (TPSA) is 34.1 Å². The summed E-state index contributed by atoms with van der Waals surface area (Å²) in [5.74, 6) is 0.897. The summed E-state index contributed by atoms with van der Waals surface area (Å²) in [5.41, 5.74) is 3.40. The van der Waals surface area contributed by atoms with Gasteiger partial charge in [0.1, 0.15) is 11.3 Å². The molecule has 1 fully saturated rings. The zero-order valence-corrected chi connectivity index (χ0v) is 13.0. The molecule has 2 aromatic rings. The highest BCUT2D eigenvalue weighted by atomic mass is 16.5. The predicted octanol–water partition coefficient (Wildman–Crippen LogP) is 4.15. The first-order chi connectivity index (χ1) is 10.3. The van der Waals surface area contributed by atoms with Crippen molar-refractivity contribution in [3.63, 3.8) is 0 Å². The van der Waals surface area contributed by atoms with E-state index < -0.39 is 0 Å². The Morgan fingerprint density at radius 3 is 2.95 bits per heavy atom. The molecule has 0 spiro atoms. The second-order valence-electron chi connectivity index (χ2n) is 5.79. The highest BCUT2D eigenvalue weighted by Gasteiger charge is 2.18. The van der Waals surface area contributed by atoms with Gasteiger partial charge in [0.05, 0.1) is 6.61 Å². The molecule has 112 valence electrons. The van der Waals surface area contributed by atoms with Crippen molar-refractivity contribution >= 4 is 10.9 Å². The Labute approximate surface area is 126 Å². The zero-order chi connectivity index (χ0) is 14.7. The molecule has 0 saturated carbocycles. The molecule has 0 radical (unpaired) electrons. The Morgan fingerprint density at radius 2 is 2.10 bits per heavy atom.